The Morgan fingerprint density at radius 1 is 1.44 bits per heavy atom. The van der Waals surface area contributed by atoms with Crippen molar-refractivity contribution in [1.82, 2.24) is 0 Å². The molecule has 0 aromatic heterocycles. The number of hydrogen-bond acceptors (Lipinski definition) is 3. The van der Waals surface area contributed by atoms with Crippen LogP contribution in [0.15, 0.2) is 0 Å². The predicted molar refractivity (Wildman–Crippen MR) is 67.4 cm³/mol. The highest BCUT2D eigenvalue weighted by atomic mass is 16.6. The van der Waals surface area contributed by atoms with Gasteiger partial charge >= 0.3 is 5.97 Å². The Bertz CT molecular complexity index is 339. The summed E-state index contributed by atoms with van der Waals surface area (Å²) in [5.41, 5.74) is 0.340. The molecule has 0 radical (unpaired) electrons. The van der Waals surface area contributed by atoms with Crippen molar-refractivity contribution in [3.63, 3.8) is 0 Å². The lowest BCUT2D eigenvalue weighted by Gasteiger charge is -2.39. The zero-order valence-electron chi connectivity index (χ0n) is 11.7. The van der Waals surface area contributed by atoms with E-state index in [0.29, 0.717) is 5.92 Å². The van der Waals surface area contributed by atoms with Crippen LogP contribution in [-0.2, 0) is 14.3 Å². The molecule has 1 N–H and O–H groups in total. The number of methoxy groups -OCH3 is 1. The van der Waals surface area contributed by atoms with E-state index in [0.717, 1.165) is 12.8 Å². The average Bonchev–Trinajstić information content (AvgIpc) is 2.61. The minimum absolute atomic E-state index is 0.0440. The summed E-state index contributed by atoms with van der Waals surface area (Å²) in [7, 11) is 1.51. The maximum absolute atomic E-state index is 11.1. The number of ether oxygens (including phenoxy) is 2. The lowest BCUT2D eigenvalue weighted by Crippen LogP contribution is -2.42. The minimum Gasteiger partial charge on any atom is -0.479 e. The van der Waals surface area contributed by atoms with E-state index in [-0.39, 0.29) is 23.5 Å². The zero-order valence-corrected chi connectivity index (χ0v) is 11.7. The van der Waals surface area contributed by atoms with Crippen LogP contribution in [0.4, 0.5) is 0 Å². The number of rotatable bonds is 5. The van der Waals surface area contributed by atoms with Crippen molar-refractivity contribution < 1.29 is 19.4 Å². The van der Waals surface area contributed by atoms with E-state index >= 15 is 0 Å². The second-order valence-corrected chi connectivity index (χ2v) is 6.52. The van der Waals surface area contributed by atoms with Crippen LogP contribution in [-0.4, -0.2) is 37.0 Å². The summed E-state index contributed by atoms with van der Waals surface area (Å²) in [6.45, 7) is 6.95. The molecule has 2 rings (SSSR count). The highest BCUT2D eigenvalue weighted by Gasteiger charge is 2.62. The molecule has 4 nitrogen and oxygen atoms in total. The predicted octanol–water partition coefficient (Wildman–Crippen LogP) is 2.32. The number of carbonyl (C=O) groups is 1. The van der Waals surface area contributed by atoms with Gasteiger partial charge in [0.25, 0.3) is 0 Å². The molecule has 2 saturated carbocycles. The van der Waals surface area contributed by atoms with Crippen LogP contribution in [0.1, 0.15) is 40.0 Å². The van der Waals surface area contributed by atoms with Gasteiger partial charge in [0.1, 0.15) is 0 Å². The van der Waals surface area contributed by atoms with Gasteiger partial charge in [-0.25, -0.2) is 4.79 Å². The number of carboxylic acids is 1. The average molecular weight is 256 g/mol. The SMILES string of the molecule is COCC(OC1CC2CCC1(C)C2(C)C)C(=O)O. The Balaban J connectivity index is 2.10. The van der Waals surface area contributed by atoms with Gasteiger partial charge < -0.3 is 14.6 Å². The third kappa shape index (κ3) is 1.86. The molecule has 0 heterocycles. The summed E-state index contributed by atoms with van der Waals surface area (Å²) in [6.07, 6.45) is 2.56. The molecule has 2 aliphatic rings. The van der Waals surface area contributed by atoms with E-state index in [9.17, 15) is 4.79 Å². The number of hydrogen-bond donors (Lipinski definition) is 1. The summed E-state index contributed by atoms with van der Waals surface area (Å²) in [5, 5.41) is 9.14. The Morgan fingerprint density at radius 2 is 2.11 bits per heavy atom. The molecule has 0 spiro atoms. The topological polar surface area (TPSA) is 55.8 Å². The van der Waals surface area contributed by atoms with Crippen LogP contribution < -0.4 is 0 Å². The first-order valence-electron chi connectivity index (χ1n) is 6.70. The summed E-state index contributed by atoms with van der Waals surface area (Å²) >= 11 is 0. The monoisotopic (exact) mass is 256 g/mol. The molecular formula is C14H24O4. The van der Waals surface area contributed by atoms with Crippen LogP contribution in [0.3, 0.4) is 0 Å². The van der Waals surface area contributed by atoms with Crippen molar-refractivity contribution in [1.29, 1.82) is 0 Å². The van der Waals surface area contributed by atoms with Crippen molar-refractivity contribution in [3.05, 3.63) is 0 Å². The lowest BCUT2D eigenvalue weighted by molar-refractivity contribution is -0.166. The van der Waals surface area contributed by atoms with E-state index in [4.69, 9.17) is 14.6 Å². The minimum atomic E-state index is -0.930. The summed E-state index contributed by atoms with van der Waals surface area (Å²) in [4.78, 5) is 11.1. The first-order chi connectivity index (χ1) is 8.33. The lowest BCUT2D eigenvalue weighted by atomic mass is 9.70. The molecule has 4 atom stereocenters. The van der Waals surface area contributed by atoms with Crippen molar-refractivity contribution >= 4 is 5.97 Å². The molecule has 0 aromatic rings. The Morgan fingerprint density at radius 3 is 2.50 bits per heavy atom. The van der Waals surface area contributed by atoms with E-state index in [1.807, 2.05) is 0 Å². The fraction of sp³-hybridized carbons (Fsp3) is 0.929. The Labute approximate surface area is 109 Å². The van der Waals surface area contributed by atoms with Crippen molar-refractivity contribution in [2.75, 3.05) is 13.7 Å². The maximum atomic E-state index is 11.1. The molecule has 0 amide bonds. The third-order valence-electron chi connectivity index (χ3n) is 5.64. The standard InChI is InChI=1S/C14H24O4/c1-13(2)9-5-6-14(13,3)11(7-9)18-10(8-17-4)12(15)16/h9-11H,5-8H2,1-4H3,(H,15,16). The van der Waals surface area contributed by atoms with Gasteiger partial charge in [-0.05, 0) is 36.0 Å². The third-order valence-corrected chi connectivity index (χ3v) is 5.64. The fourth-order valence-corrected chi connectivity index (χ4v) is 3.85. The largest absolute Gasteiger partial charge is 0.479 e. The van der Waals surface area contributed by atoms with Crippen LogP contribution in [0, 0.1) is 16.7 Å². The molecule has 0 saturated heterocycles. The first kappa shape index (κ1) is 13.8. The van der Waals surface area contributed by atoms with Gasteiger partial charge in [-0.15, -0.1) is 0 Å². The fourth-order valence-electron chi connectivity index (χ4n) is 3.85. The van der Waals surface area contributed by atoms with E-state index < -0.39 is 12.1 Å². The van der Waals surface area contributed by atoms with Gasteiger partial charge in [0.2, 0.25) is 0 Å². The van der Waals surface area contributed by atoms with Crippen LogP contribution in [0.25, 0.3) is 0 Å². The molecule has 4 unspecified atom stereocenters. The highest BCUT2D eigenvalue weighted by Crippen LogP contribution is 2.66. The Hall–Kier alpha value is -0.610. The summed E-state index contributed by atoms with van der Waals surface area (Å²) in [5.74, 6) is -0.273. The molecule has 0 aromatic carbocycles. The highest BCUT2D eigenvalue weighted by molar-refractivity contribution is 5.72. The molecule has 2 fully saturated rings. The van der Waals surface area contributed by atoms with Gasteiger partial charge in [-0.1, -0.05) is 20.8 Å². The number of aliphatic carboxylic acids is 1. The first-order valence-corrected chi connectivity index (χ1v) is 6.70. The molecular weight excluding hydrogens is 232 g/mol. The number of carboxylic acid groups (broad SMARTS) is 1. The molecule has 2 aliphatic carbocycles. The van der Waals surface area contributed by atoms with Crippen molar-refractivity contribution in [2.24, 2.45) is 16.7 Å². The number of fused-ring (bicyclic) bond motifs is 2. The van der Waals surface area contributed by atoms with E-state index in [1.54, 1.807) is 0 Å². The Kier molecular flexibility index (Phi) is 3.45. The van der Waals surface area contributed by atoms with Crippen LogP contribution >= 0.6 is 0 Å². The van der Waals surface area contributed by atoms with Gasteiger partial charge in [0, 0.05) is 7.11 Å². The summed E-state index contributed by atoms with van der Waals surface area (Å²) in [6, 6.07) is 0. The molecule has 104 valence electrons. The van der Waals surface area contributed by atoms with Crippen LogP contribution in [0.5, 0.6) is 0 Å². The second-order valence-electron chi connectivity index (χ2n) is 6.52. The maximum Gasteiger partial charge on any atom is 0.335 e. The smallest absolute Gasteiger partial charge is 0.335 e. The normalized spacial score (nSPS) is 38.9. The molecule has 18 heavy (non-hydrogen) atoms. The van der Waals surface area contributed by atoms with E-state index in [1.165, 1.54) is 13.5 Å². The summed E-state index contributed by atoms with van der Waals surface area (Å²) < 4.78 is 10.8. The molecule has 2 bridgehead atoms. The quantitative estimate of drug-likeness (QED) is 0.820. The van der Waals surface area contributed by atoms with Gasteiger partial charge in [0.05, 0.1) is 12.7 Å². The molecule has 4 heteroatoms. The van der Waals surface area contributed by atoms with Gasteiger partial charge in [0.15, 0.2) is 6.10 Å². The van der Waals surface area contributed by atoms with Crippen molar-refractivity contribution in [3.8, 4) is 0 Å². The van der Waals surface area contributed by atoms with Crippen LogP contribution in [0.2, 0.25) is 0 Å². The molecule has 0 aliphatic heterocycles. The van der Waals surface area contributed by atoms with Crippen molar-refractivity contribution in [2.45, 2.75) is 52.2 Å². The van der Waals surface area contributed by atoms with E-state index in [2.05, 4.69) is 20.8 Å². The van der Waals surface area contributed by atoms with Gasteiger partial charge in [-0.3, -0.25) is 0 Å². The van der Waals surface area contributed by atoms with Gasteiger partial charge in [-0.2, -0.15) is 0 Å². The second kappa shape index (κ2) is 4.49. The zero-order chi connectivity index (χ0) is 13.6.